The molecule has 0 aromatic carbocycles. The molecular weight excluding hydrogens is 284 g/mol. The molecule has 1 heterocycles. The van der Waals surface area contributed by atoms with Crippen LogP contribution in [0.25, 0.3) is 0 Å². The van der Waals surface area contributed by atoms with Crippen LogP contribution in [-0.4, -0.2) is 49.6 Å². The first-order chi connectivity index (χ1) is 9.76. The second-order valence-electron chi connectivity index (χ2n) is 4.37. The van der Waals surface area contributed by atoms with Crippen LogP contribution >= 0.6 is 0 Å². The molecule has 0 aromatic heterocycles. The van der Waals surface area contributed by atoms with Gasteiger partial charge in [-0.1, -0.05) is 6.58 Å². The molecule has 1 rings (SSSR count). The van der Waals surface area contributed by atoms with Crippen molar-refractivity contribution in [3.8, 4) is 0 Å². The van der Waals surface area contributed by atoms with Gasteiger partial charge in [0.15, 0.2) is 12.2 Å². The summed E-state index contributed by atoms with van der Waals surface area (Å²) in [6, 6.07) is 0. The van der Waals surface area contributed by atoms with Crippen LogP contribution in [0.2, 0.25) is 0 Å². The topological polar surface area (TPSA) is 97.4 Å². The summed E-state index contributed by atoms with van der Waals surface area (Å²) >= 11 is 0. The smallest absolute Gasteiger partial charge is 0.303 e. The van der Waals surface area contributed by atoms with Crippen LogP contribution in [0.5, 0.6) is 0 Å². The second-order valence-corrected chi connectivity index (χ2v) is 4.37. The van der Waals surface area contributed by atoms with Gasteiger partial charge < -0.3 is 23.7 Å². The number of carbonyl (C=O) groups excluding carboxylic acids is 3. The van der Waals surface area contributed by atoms with E-state index < -0.39 is 42.5 Å². The molecule has 1 fully saturated rings. The van der Waals surface area contributed by atoms with E-state index >= 15 is 0 Å². The van der Waals surface area contributed by atoms with Gasteiger partial charge in [0.2, 0.25) is 12.4 Å². The van der Waals surface area contributed by atoms with Crippen molar-refractivity contribution in [1.82, 2.24) is 0 Å². The average molecular weight is 302 g/mol. The normalized spacial score (nSPS) is 28.3. The molecule has 21 heavy (non-hydrogen) atoms. The van der Waals surface area contributed by atoms with E-state index in [1.54, 1.807) is 0 Å². The van der Waals surface area contributed by atoms with Gasteiger partial charge in [-0.25, -0.2) is 0 Å². The fourth-order valence-corrected chi connectivity index (χ4v) is 1.92. The minimum atomic E-state index is -1.11. The Balaban J connectivity index is 3.11. The van der Waals surface area contributed by atoms with E-state index in [1.807, 2.05) is 0 Å². The molecular formula is C13H18O8. The maximum absolute atomic E-state index is 11.3. The van der Waals surface area contributed by atoms with Crippen LogP contribution < -0.4 is 0 Å². The molecule has 0 N–H and O–H groups in total. The summed E-state index contributed by atoms with van der Waals surface area (Å²) in [5.74, 6) is -1.86. The highest BCUT2D eigenvalue weighted by atomic mass is 16.7. The number of ether oxygens (including phenoxy) is 5. The maximum atomic E-state index is 11.3. The van der Waals surface area contributed by atoms with Gasteiger partial charge in [0.05, 0.1) is 0 Å². The minimum absolute atomic E-state index is 0.0340. The van der Waals surface area contributed by atoms with E-state index in [1.165, 1.54) is 27.9 Å². The minimum Gasteiger partial charge on any atom is -0.462 e. The van der Waals surface area contributed by atoms with Crippen molar-refractivity contribution in [3.63, 3.8) is 0 Å². The number of esters is 3. The zero-order chi connectivity index (χ0) is 16.2. The van der Waals surface area contributed by atoms with Crippen LogP contribution in [0.1, 0.15) is 20.8 Å². The molecule has 0 aromatic rings. The summed E-state index contributed by atoms with van der Waals surface area (Å²) in [5, 5.41) is 0. The summed E-state index contributed by atoms with van der Waals surface area (Å²) < 4.78 is 25.6. The lowest BCUT2D eigenvalue weighted by molar-refractivity contribution is -0.253. The first-order valence-corrected chi connectivity index (χ1v) is 6.16. The molecule has 4 atom stereocenters. The van der Waals surface area contributed by atoms with Crippen LogP contribution in [0.15, 0.2) is 12.3 Å². The number of hydrogen-bond acceptors (Lipinski definition) is 8. The quantitative estimate of drug-likeness (QED) is 0.540. The molecule has 1 aliphatic heterocycles. The predicted molar refractivity (Wildman–Crippen MR) is 67.7 cm³/mol. The summed E-state index contributed by atoms with van der Waals surface area (Å²) in [4.78, 5) is 33.6. The summed E-state index contributed by atoms with van der Waals surface area (Å²) in [6.07, 6.45) is -4.33. The maximum Gasteiger partial charge on any atom is 0.303 e. The number of methoxy groups -OCH3 is 1. The molecule has 8 nitrogen and oxygen atoms in total. The Morgan fingerprint density at radius 2 is 1.43 bits per heavy atom. The number of rotatable bonds is 4. The van der Waals surface area contributed by atoms with Crippen LogP contribution in [0.4, 0.5) is 0 Å². The van der Waals surface area contributed by atoms with Crippen molar-refractivity contribution < 1.29 is 38.1 Å². The number of carbonyl (C=O) groups is 3. The van der Waals surface area contributed by atoms with Gasteiger partial charge in [0.1, 0.15) is 5.76 Å². The Kier molecular flexibility index (Phi) is 5.71. The van der Waals surface area contributed by atoms with Gasteiger partial charge in [0, 0.05) is 27.9 Å². The Morgan fingerprint density at radius 3 is 1.86 bits per heavy atom. The van der Waals surface area contributed by atoms with Crippen molar-refractivity contribution in [3.05, 3.63) is 12.3 Å². The van der Waals surface area contributed by atoms with E-state index in [9.17, 15) is 14.4 Å². The van der Waals surface area contributed by atoms with Crippen molar-refractivity contribution >= 4 is 17.9 Å². The third-order valence-electron chi connectivity index (χ3n) is 2.60. The number of hydrogen-bond donors (Lipinski definition) is 0. The second kappa shape index (κ2) is 7.07. The zero-order valence-corrected chi connectivity index (χ0v) is 12.3. The van der Waals surface area contributed by atoms with Crippen molar-refractivity contribution in [2.24, 2.45) is 0 Å². The molecule has 0 radical (unpaired) electrons. The predicted octanol–water partition coefficient (Wildman–Crippen LogP) is 0.298. The first kappa shape index (κ1) is 17.0. The molecule has 0 aliphatic carbocycles. The third kappa shape index (κ3) is 4.45. The Bertz CT molecular complexity index is 443. The van der Waals surface area contributed by atoms with Gasteiger partial charge in [-0.15, -0.1) is 0 Å². The fourth-order valence-electron chi connectivity index (χ4n) is 1.92. The lowest BCUT2D eigenvalue weighted by Gasteiger charge is -2.40. The first-order valence-electron chi connectivity index (χ1n) is 6.16. The zero-order valence-electron chi connectivity index (χ0n) is 12.3. The monoisotopic (exact) mass is 302 g/mol. The molecule has 8 heteroatoms. The molecule has 0 spiro atoms. The Labute approximate surface area is 121 Å². The van der Waals surface area contributed by atoms with Gasteiger partial charge in [-0.05, 0) is 0 Å². The van der Waals surface area contributed by atoms with E-state index in [0.29, 0.717) is 0 Å². The van der Waals surface area contributed by atoms with Crippen LogP contribution in [0.3, 0.4) is 0 Å². The summed E-state index contributed by atoms with van der Waals surface area (Å²) in [7, 11) is 1.32. The van der Waals surface area contributed by atoms with E-state index in [-0.39, 0.29) is 5.76 Å². The molecule has 1 saturated heterocycles. The van der Waals surface area contributed by atoms with Crippen molar-refractivity contribution in [1.29, 1.82) is 0 Å². The van der Waals surface area contributed by atoms with E-state index in [0.717, 1.165) is 0 Å². The average Bonchev–Trinajstić information content (AvgIpc) is 2.35. The van der Waals surface area contributed by atoms with Crippen LogP contribution in [-0.2, 0) is 38.1 Å². The lowest BCUT2D eigenvalue weighted by Crippen LogP contribution is -2.56. The van der Waals surface area contributed by atoms with Crippen molar-refractivity contribution in [2.75, 3.05) is 7.11 Å². The standard InChI is InChI=1S/C13H18O8/c1-6-10(19-7(2)14)11(20-8(3)15)12(21-9(4)16)13(17-5)18-6/h10-13H,1H2,2-5H3/t10-,11+,12+,13+/m1/s1. The van der Waals surface area contributed by atoms with Crippen LogP contribution in [0, 0.1) is 0 Å². The summed E-state index contributed by atoms with van der Waals surface area (Å²) in [6.45, 7) is 7.15. The summed E-state index contributed by atoms with van der Waals surface area (Å²) in [5.41, 5.74) is 0. The SMILES string of the molecule is C=C1O[C@H](OC)[C@@H](OC(C)=O)[C@@H](OC(C)=O)[C@@H]1OC(C)=O. The van der Waals surface area contributed by atoms with Gasteiger partial charge in [0.25, 0.3) is 0 Å². The molecule has 1 aliphatic rings. The molecule has 0 unspecified atom stereocenters. The van der Waals surface area contributed by atoms with Crippen molar-refractivity contribution in [2.45, 2.75) is 45.4 Å². The highest BCUT2D eigenvalue weighted by molar-refractivity contribution is 5.68. The largest absolute Gasteiger partial charge is 0.462 e. The van der Waals surface area contributed by atoms with E-state index in [4.69, 9.17) is 23.7 Å². The highest BCUT2D eigenvalue weighted by Crippen LogP contribution is 2.30. The molecule has 118 valence electrons. The third-order valence-corrected chi connectivity index (χ3v) is 2.60. The Hall–Kier alpha value is -2.09. The van der Waals surface area contributed by atoms with Gasteiger partial charge in [-0.3, -0.25) is 14.4 Å². The fraction of sp³-hybridized carbons (Fsp3) is 0.615. The molecule has 0 bridgehead atoms. The lowest BCUT2D eigenvalue weighted by atomic mass is 10.0. The molecule has 0 amide bonds. The van der Waals surface area contributed by atoms with E-state index in [2.05, 4.69) is 6.58 Å². The Morgan fingerprint density at radius 1 is 0.952 bits per heavy atom. The highest BCUT2D eigenvalue weighted by Gasteiger charge is 2.49. The van der Waals surface area contributed by atoms with Gasteiger partial charge in [-0.2, -0.15) is 0 Å². The van der Waals surface area contributed by atoms with Gasteiger partial charge >= 0.3 is 17.9 Å². The molecule has 0 saturated carbocycles.